The molecule has 110 valence electrons. The van der Waals surface area contributed by atoms with Crippen LogP contribution in [0.1, 0.15) is 33.4 Å². The Morgan fingerprint density at radius 1 is 1.10 bits per heavy atom. The topological polar surface area (TPSA) is 31.4 Å². The van der Waals surface area contributed by atoms with Gasteiger partial charge in [-0.25, -0.2) is 4.98 Å². The van der Waals surface area contributed by atoms with E-state index in [1.807, 2.05) is 27.7 Å². The van der Waals surface area contributed by atoms with E-state index in [1.165, 1.54) is 6.07 Å². The molecule has 1 aromatic rings. The molecule has 8 heteroatoms. The summed E-state index contributed by atoms with van der Waals surface area (Å²) in [7, 11) is -0.831. The minimum absolute atomic E-state index is 0.265. The number of pyridine rings is 1. The first-order valence-electron chi connectivity index (χ1n) is 6.03. The van der Waals surface area contributed by atoms with Crippen LogP contribution < -0.4 is 5.46 Å². The number of hydrogen-bond donors (Lipinski definition) is 0. The van der Waals surface area contributed by atoms with E-state index < -0.39 is 30.2 Å². The standard InChI is InChI=1S/C12H14BClF3NO2/c1-10(2)11(3,4)20-13(19-10)7-5-6-8(12(15,16)17)18-9(7)14/h5-6H,1-4H3. The van der Waals surface area contributed by atoms with Crippen molar-refractivity contribution in [3.05, 3.63) is 23.0 Å². The van der Waals surface area contributed by atoms with Crippen LogP contribution in [0.3, 0.4) is 0 Å². The third-order valence-electron chi connectivity index (χ3n) is 3.68. The highest BCUT2D eigenvalue weighted by Gasteiger charge is 2.52. The van der Waals surface area contributed by atoms with Crippen LogP contribution in [-0.4, -0.2) is 23.3 Å². The van der Waals surface area contributed by atoms with Gasteiger partial charge in [0.05, 0.1) is 11.2 Å². The first-order chi connectivity index (χ1) is 8.94. The molecule has 0 unspecified atom stereocenters. The average molecular weight is 308 g/mol. The molecule has 0 bridgehead atoms. The third-order valence-corrected chi connectivity index (χ3v) is 3.98. The van der Waals surface area contributed by atoms with Gasteiger partial charge in [-0.3, -0.25) is 0 Å². The fourth-order valence-corrected chi connectivity index (χ4v) is 1.99. The zero-order valence-corrected chi connectivity index (χ0v) is 12.3. The molecule has 0 saturated carbocycles. The second-order valence-electron chi connectivity index (χ2n) is 5.66. The highest BCUT2D eigenvalue weighted by atomic mass is 35.5. The Bertz CT molecular complexity index is 518. The number of hydrogen-bond acceptors (Lipinski definition) is 3. The lowest BCUT2D eigenvalue weighted by Crippen LogP contribution is -2.41. The van der Waals surface area contributed by atoms with Crippen molar-refractivity contribution in [3.8, 4) is 0 Å². The van der Waals surface area contributed by atoms with Gasteiger partial charge in [-0.15, -0.1) is 0 Å². The van der Waals surface area contributed by atoms with Gasteiger partial charge in [0.1, 0.15) is 10.8 Å². The van der Waals surface area contributed by atoms with Crippen LogP contribution in [0, 0.1) is 0 Å². The van der Waals surface area contributed by atoms with Crippen LogP contribution in [0.25, 0.3) is 0 Å². The average Bonchev–Trinajstić information content (AvgIpc) is 2.46. The van der Waals surface area contributed by atoms with Gasteiger partial charge in [0.15, 0.2) is 0 Å². The number of rotatable bonds is 1. The van der Waals surface area contributed by atoms with Gasteiger partial charge in [-0.2, -0.15) is 13.2 Å². The minimum atomic E-state index is -4.53. The van der Waals surface area contributed by atoms with Crippen LogP contribution in [0.5, 0.6) is 0 Å². The van der Waals surface area contributed by atoms with Gasteiger partial charge >= 0.3 is 13.3 Å². The van der Waals surface area contributed by atoms with Crippen molar-refractivity contribution in [3.63, 3.8) is 0 Å². The van der Waals surface area contributed by atoms with Crippen molar-refractivity contribution in [2.45, 2.75) is 45.1 Å². The van der Waals surface area contributed by atoms with Gasteiger partial charge in [0.25, 0.3) is 0 Å². The summed E-state index contributed by atoms with van der Waals surface area (Å²) in [5.41, 5.74) is -1.94. The summed E-state index contributed by atoms with van der Waals surface area (Å²) in [4.78, 5) is 3.36. The molecule has 3 nitrogen and oxygen atoms in total. The lowest BCUT2D eigenvalue weighted by atomic mass is 9.80. The van der Waals surface area contributed by atoms with E-state index in [4.69, 9.17) is 20.9 Å². The third kappa shape index (κ3) is 2.66. The number of halogens is 4. The predicted octanol–water partition coefficient (Wildman–Crippen LogP) is 3.05. The Morgan fingerprint density at radius 2 is 1.60 bits per heavy atom. The first kappa shape index (κ1) is 15.6. The van der Waals surface area contributed by atoms with Crippen molar-refractivity contribution >= 4 is 24.2 Å². The van der Waals surface area contributed by atoms with Crippen LogP contribution >= 0.6 is 11.6 Å². The number of aromatic nitrogens is 1. The van der Waals surface area contributed by atoms with Gasteiger partial charge < -0.3 is 9.31 Å². The maximum Gasteiger partial charge on any atom is 0.498 e. The van der Waals surface area contributed by atoms with E-state index in [9.17, 15) is 13.2 Å². The second-order valence-corrected chi connectivity index (χ2v) is 6.02. The monoisotopic (exact) mass is 307 g/mol. The van der Waals surface area contributed by atoms with Crippen LogP contribution in [0.2, 0.25) is 5.15 Å². The zero-order chi connectivity index (χ0) is 15.3. The molecule has 0 spiro atoms. The predicted molar refractivity (Wildman–Crippen MR) is 70.0 cm³/mol. The van der Waals surface area contributed by atoms with E-state index in [0.29, 0.717) is 5.46 Å². The maximum atomic E-state index is 12.5. The summed E-state index contributed by atoms with van der Waals surface area (Å²) < 4.78 is 49.1. The van der Waals surface area contributed by atoms with Crippen LogP contribution in [-0.2, 0) is 15.5 Å². The maximum absolute atomic E-state index is 12.5. The van der Waals surface area contributed by atoms with E-state index in [1.54, 1.807) is 0 Å². The van der Waals surface area contributed by atoms with Gasteiger partial charge in [0.2, 0.25) is 0 Å². The number of nitrogens with zero attached hydrogens (tertiary/aromatic N) is 1. The minimum Gasteiger partial charge on any atom is -0.399 e. The molecule has 0 radical (unpaired) electrons. The van der Waals surface area contributed by atoms with E-state index in [2.05, 4.69) is 4.98 Å². The van der Waals surface area contributed by atoms with Crippen LogP contribution in [0.15, 0.2) is 12.1 Å². The molecular weight excluding hydrogens is 293 g/mol. The fourth-order valence-electron chi connectivity index (χ4n) is 1.75. The Morgan fingerprint density at radius 3 is 2.00 bits per heavy atom. The van der Waals surface area contributed by atoms with Crippen molar-refractivity contribution < 1.29 is 22.5 Å². The molecule has 0 amide bonds. The molecule has 0 atom stereocenters. The quantitative estimate of drug-likeness (QED) is 0.590. The summed E-state index contributed by atoms with van der Waals surface area (Å²) in [6.45, 7) is 7.38. The largest absolute Gasteiger partial charge is 0.498 e. The molecule has 1 aliphatic heterocycles. The summed E-state index contributed by atoms with van der Waals surface area (Å²) in [5, 5.41) is -0.265. The van der Waals surface area contributed by atoms with Crippen LogP contribution in [0.4, 0.5) is 13.2 Å². The molecule has 1 fully saturated rings. The van der Waals surface area contributed by atoms with Gasteiger partial charge in [-0.05, 0) is 33.8 Å². The fraction of sp³-hybridized carbons (Fsp3) is 0.583. The Balaban J connectivity index is 2.33. The summed E-state index contributed by atoms with van der Waals surface area (Å²) >= 11 is 5.83. The van der Waals surface area contributed by atoms with Gasteiger partial charge in [-0.1, -0.05) is 17.7 Å². The molecule has 0 aliphatic carbocycles. The van der Waals surface area contributed by atoms with E-state index >= 15 is 0 Å². The lowest BCUT2D eigenvalue weighted by molar-refractivity contribution is -0.141. The van der Waals surface area contributed by atoms with Gasteiger partial charge in [0, 0.05) is 5.46 Å². The highest BCUT2D eigenvalue weighted by molar-refractivity contribution is 6.65. The molecular formula is C12H14BClF3NO2. The second kappa shape index (κ2) is 4.61. The molecule has 20 heavy (non-hydrogen) atoms. The Kier molecular flexibility index (Phi) is 3.60. The Labute approximate surface area is 120 Å². The first-order valence-corrected chi connectivity index (χ1v) is 6.41. The van der Waals surface area contributed by atoms with E-state index in [0.717, 1.165) is 6.07 Å². The van der Waals surface area contributed by atoms with Crippen molar-refractivity contribution in [1.29, 1.82) is 0 Å². The molecule has 2 rings (SSSR count). The summed E-state index contributed by atoms with van der Waals surface area (Å²) in [6, 6.07) is 2.10. The summed E-state index contributed by atoms with van der Waals surface area (Å²) in [5.74, 6) is 0. The van der Waals surface area contributed by atoms with Crippen molar-refractivity contribution in [1.82, 2.24) is 4.98 Å². The SMILES string of the molecule is CC1(C)OB(c2ccc(C(F)(F)F)nc2Cl)OC1(C)C. The Hall–Kier alpha value is -0.785. The number of alkyl halides is 3. The lowest BCUT2D eigenvalue weighted by Gasteiger charge is -2.32. The smallest absolute Gasteiger partial charge is 0.399 e. The molecule has 1 aromatic heterocycles. The molecule has 0 aromatic carbocycles. The van der Waals surface area contributed by atoms with E-state index in [-0.39, 0.29) is 5.15 Å². The molecule has 0 N–H and O–H groups in total. The molecule has 1 aliphatic rings. The van der Waals surface area contributed by atoms with Crippen molar-refractivity contribution in [2.24, 2.45) is 0 Å². The molecule has 1 saturated heterocycles. The normalized spacial score (nSPS) is 21.3. The molecule has 2 heterocycles. The highest BCUT2D eigenvalue weighted by Crippen LogP contribution is 2.37. The summed E-state index contributed by atoms with van der Waals surface area (Å²) in [6.07, 6.45) is -4.53. The van der Waals surface area contributed by atoms with Crippen molar-refractivity contribution in [2.75, 3.05) is 0 Å². The zero-order valence-electron chi connectivity index (χ0n) is 11.5.